The highest BCUT2D eigenvalue weighted by molar-refractivity contribution is 7.89. The van der Waals surface area contributed by atoms with Gasteiger partial charge in [0, 0.05) is 12.6 Å². The zero-order chi connectivity index (χ0) is 15.5. The number of nitrogens with one attached hydrogen (secondary N) is 1. The molecular formula is C14H18FN3O2S. The zero-order valence-corrected chi connectivity index (χ0v) is 12.7. The number of hydrogen-bond donors (Lipinski definition) is 1. The van der Waals surface area contributed by atoms with Gasteiger partial charge in [-0.25, -0.2) is 17.5 Å². The second-order valence-electron chi connectivity index (χ2n) is 5.03. The predicted octanol–water partition coefficient (Wildman–Crippen LogP) is 1.46. The molecule has 1 heterocycles. The fourth-order valence-electron chi connectivity index (χ4n) is 2.61. The van der Waals surface area contributed by atoms with E-state index in [1.54, 1.807) is 6.07 Å². The van der Waals surface area contributed by atoms with E-state index in [0.29, 0.717) is 0 Å². The molecule has 0 bridgehead atoms. The number of sulfonamides is 1. The van der Waals surface area contributed by atoms with Crippen LogP contribution >= 0.6 is 0 Å². The third-order valence-corrected chi connectivity index (χ3v) is 5.22. The van der Waals surface area contributed by atoms with Crippen LogP contribution in [0.5, 0.6) is 0 Å². The first-order valence-electron chi connectivity index (χ1n) is 6.91. The van der Waals surface area contributed by atoms with Crippen LogP contribution in [0.1, 0.15) is 25.3 Å². The second-order valence-corrected chi connectivity index (χ2v) is 6.77. The summed E-state index contributed by atoms with van der Waals surface area (Å²) in [7, 11) is -3.90. The lowest BCUT2D eigenvalue weighted by molar-refractivity contribution is 0.268. The SMILES string of the molecule is CCN1CCC[C@H]1CNS(=O)(=O)c1ccc(C#N)cc1F. The molecule has 1 aliphatic rings. The van der Waals surface area contributed by atoms with Crippen LogP contribution in [0.3, 0.4) is 0 Å². The molecule has 0 unspecified atom stereocenters. The van der Waals surface area contributed by atoms with Crippen molar-refractivity contribution in [3.63, 3.8) is 0 Å². The van der Waals surface area contributed by atoms with Crippen molar-refractivity contribution in [3.8, 4) is 6.07 Å². The van der Waals surface area contributed by atoms with E-state index < -0.39 is 20.7 Å². The van der Waals surface area contributed by atoms with E-state index in [9.17, 15) is 12.8 Å². The molecule has 7 heteroatoms. The number of nitriles is 1. The molecule has 1 N–H and O–H groups in total. The van der Waals surface area contributed by atoms with Gasteiger partial charge < -0.3 is 0 Å². The summed E-state index contributed by atoms with van der Waals surface area (Å²) >= 11 is 0. The van der Waals surface area contributed by atoms with Gasteiger partial charge >= 0.3 is 0 Å². The minimum absolute atomic E-state index is 0.0967. The fourth-order valence-corrected chi connectivity index (χ4v) is 3.74. The van der Waals surface area contributed by atoms with Gasteiger partial charge in [0.15, 0.2) is 0 Å². The van der Waals surface area contributed by atoms with Crippen molar-refractivity contribution in [1.82, 2.24) is 9.62 Å². The third kappa shape index (κ3) is 3.59. The molecule has 1 aliphatic heterocycles. The van der Waals surface area contributed by atoms with Gasteiger partial charge in [0.1, 0.15) is 10.7 Å². The van der Waals surface area contributed by atoms with Gasteiger partial charge in [-0.15, -0.1) is 0 Å². The van der Waals surface area contributed by atoms with Crippen LogP contribution in [0, 0.1) is 17.1 Å². The third-order valence-electron chi connectivity index (χ3n) is 3.76. The van der Waals surface area contributed by atoms with Gasteiger partial charge in [0.25, 0.3) is 0 Å². The van der Waals surface area contributed by atoms with Crippen LogP contribution in [0.15, 0.2) is 23.1 Å². The maximum Gasteiger partial charge on any atom is 0.243 e. The topological polar surface area (TPSA) is 73.2 Å². The Bertz CT molecular complexity index is 655. The lowest BCUT2D eigenvalue weighted by atomic mass is 10.2. The molecule has 0 aromatic heterocycles. The predicted molar refractivity (Wildman–Crippen MR) is 76.6 cm³/mol. The molecule has 114 valence electrons. The van der Waals surface area contributed by atoms with Crippen molar-refractivity contribution in [3.05, 3.63) is 29.6 Å². The first-order valence-corrected chi connectivity index (χ1v) is 8.39. The summed E-state index contributed by atoms with van der Waals surface area (Å²) in [5.74, 6) is -0.902. The quantitative estimate of drug-likeness (QED) is 0.893. The van der Waals surface area contributed by atoms with E-state index >= 15 is 0 Å². The molecule has 1 saturated heterocycles. The van der Waals surface area contributed by atoms with Crippen molar-refractivity contribution < 1.29 is 12.8 Å². The number of rotatable bonds is 5. The minimum Gasteiger partial charge on any atom is -0.299 e. The Labute approximate surface area is 124 Å². The Morgan fingerprint density at radius 1 is 1.52 bits per heavy atom. The monoisotopic (exact) mass is 311 g/mol. The molecular weight excluding hydrogens is 293 g/mol. The summed E-state index contributed by atoms with van der Waals surface area (Å²) < 4.78 is 40.6. The Morgan fingerprint density at radius 3 is 2.90 bits per heavy atom. The standard InChI is InChI=1S/C14H18FN3O2S/c1-2-18-7-3-4-12(18)10-17-21(19,20)14-6-5-11(9-16)8-13(14)15/h5-6,8,12,17H,2-4,7,10H2,1H3/t12-/m0/s1. The molecule has 0 amide bonds. The molecule has 2 rings (SSSR count). The van der Waals surface area contributed by atoms with Crippen LogP contribution in [-0.2, 0) is 10.0 Å². The fraction of sp³-hybridized carbons (Fsp3) is 0.500. The van der Waals surface area contributed by atoms with Crippen LogP contribution < -0.4 is 4.72 Å². The van der Waals surface area contributed by atoms with E-state index in [-0.39, 0.29) is 18.2 Å². The average molecular weight is 311 g/mol. The largest absolute Gasteiger partial charge is 0.299 e. The van der Waals surface area contributed by atoms with E-state index in [1.165, 1.54) is 6.07 Å². The van der Waals surface area contributed by atoms with Crippen molar-refractivity contribution in [1.29, 1.82) is 5.26 Å². The van der Waals surface area contributed by atoms with Crippen LogP contribution in [-0.4, -0.2) is 39.0 Å². The average Bonchev–Trinajstić information content (AvgIpc) is 2.92. The van der Waals surface area contributed by atoms with Gasteiger partial charge in [-0.05, 0) is 44.1 Å². The number of benzene rings is 1. The highest BCUT2D eigenvalue weighted by Gasteiger charge is 2.26. The lowest BCUT2D eigenvalue weighted by Crippen LogP contribution is -2.40. The Balaban J connectivity index is 2.10. The second kappa shape index (κ2) is 6.52. The van der Waals surface area contributed by atoms with Gasteiger partial charge in [0.05, 0.1) is 11.6 Å². The molecule has 1 aromatic rings. The number of halogens is 1. The zero-order valence-electron chi connectivity index (χ0n) is 11.8. The summed E-state index contributed by atoms with van der Waals surface area (Å²) in [5.41, 5.74) is 0.0967. The van der Waals surface area contributed by atoms with E-state index in [1.807, 2.05) is 6.92 Å². The molecule has 5 nitrogen and oxygen atoms in total. The molecule has 0 spiro atoms. The van der Waals surface area contributed by atoms with Crippen LogP contribution in [0.2, 0.25) is 0 Å². The number of hydrogen-bond acceptors (Lipinski definition) is 4. The minimum atomic E-state index is -3.90. The molecule has 1 atom stereocenters. The molecule has 0 aliphatic carbocycles. The highest BCUT2D eigenvalue weighted by Crippen LogP contribution is 2.18. The van der Waals surface area contributed by atoms with Gasteiger partial charge in [-0.3, -0.25) is 4.90 Å². The van der Waals surface area contributed by atoms with Crippen molar-refractivity contribution in [2.75, 3.05) is 19.6 Å². The van der Waals surface area contributed by atoms with Gasteiger partial charge in [-0.1, -0.05) is 6.92 Å². The van der Waals surface area contributed by atoms with Crippen molar-refractivity contribution in [2.45, 2.75) is 30.7 Å². The lowest BCUT2D eigenvalue weighted by Gasteiger charge is -2.22. The van der Waals surface area contributed by atoms with Gasteiger partial charge in [0.2, 0.25) is 10.0 Å². The Hall–Kier alpha value is -1.49. The molecule has 21 heavy (non-hydrogen) atoms. The van der Waals surface area contributed by atoms with Crippen molar-refractivity contribution >= 4 is 10.0 Å². The first kappa shape index (κ1) is 15.9. The summed E-state index contributed by atoms with van der Waals surface area (Å²) in [6.07, 6.45) is 1.98. The Morgan fingerprint density at radius 2 is 2.29 bits per heavy atom. The smallest absolute Gasteiger partial charge is 0.243 e. The number of likely N-dealkylation sites (tertiary alicyclic amines) is 1. The number of likely N-dealkylation sites (N-methyl/N-ethyl adjacent to an activating group) is 1. The molecule has 1 fully saturated rings. The number of nitrogens with zero attached hydrogens (tertiary/aromatic N) is 2. The normalized spacial score (nSPS) is 19.6. The van der Waals surface area contributed by atoms with Crippen LogP contribution in [0.25, 0.3) is 0 Å². The molecule has 0 saturated carbocycles. The van der Waals surface area contributed by atoms with E-state index in [4.69, 9.17) is 5.26 Å². The van der Waals surface area contributed by atoms with Gasteiger partial charge in [-0.2, -0.15) is 5.26 Å². The maximum absolute atomic E-state index is 13.8. The summed E-state index contributed by atoms with van der Waals surface area (Å²) in [4.78, 5) is 1.79. The maximum atomic E-state index is 13.8. The summed E-state index contributed by atoms with van der Waals surface area (Å²) in [6.45, 7) is 4.15. The van der Waals surface area contributed by atoms with Crippen molar-refractivity contribution in [2.24, 2.45) is 0 Å². The summed E-state index contributed by atoms with van der Waals surface area (Å²) in [6, 6.07) is 5.29. The van der Waals surface area contributed by atoms with E-state index in [0.717, 1.165) is 38.1 Å². The molecule has 1 aromatic carbocycles. The Kier molecular flexibility index (Phi) is 4.93. The highest BCUT2D eigenvalue weighted by atomic mass is 32.2. The first-order chi connectivity index (χ1) is 9.97. The summed E-state index contributed by atoms with van der Waals surface area (Å²) in [5, 5.41) is 8.67. The molecule has 0 radical (unpaired) electrons. The van der Waals surface area contributed by atoms with E-state index in [2.05, 4.69) is 9.62 Å². The van der Waals surface area contributed by atoms with Crippen LogP contribution in [0.4, 0.5) is 4.39 Å².